The SMILES string of the molecule is COC(=O)[C@@H]1[C@H](C2CC2)[C@@H]2CN1C(=O)[C@H](C(C)(C)C)NC(=O)O[C@@H](C)CCCCCCCc1nc3ccc(OC)cc3nc1O2. The van der Waals surface area contributed by atoms with E-state index in [0.29, 0.717) is 23.6 Å². The van der Waals surface area contributed by atoms with Gasteiger partial charge >= 0.3 is 12.1 Å². The fraction of sp³-hybridized carbons (Fsp3) is 0.676. The third kappa shape index (κ3) is 7.61. The number of nitrogens with one attached hydrogen (secondary N) is 1. The van der Waals surface area contributed by atoms with Gasteiger partial charge in [0, 0.05) is 12.0 Å². The maximum absolute atomic E-state index is 14.4. The first-order valence-corrected chi connectivity index (χ1v) is 16.4. The number of carbonyl (C=O) groups excluding carboxylic acids is 3. The van der Waals surface area contributed by atoms with E-state index in [0.717, 1.165) is 62.6 Å². The van der Waals surface area contributed by atoms with Gasteiger partial charge in [0.15, 0.2) is 0 Å². The number of carbonyl (C=O) groups is 3. The van der Waals surface area contributed by atoms with E-state index in [1.807, 2.05) is 45.9 Å². The number of cyclic esters (lactones) is 1. The van der Waals surface area contributed by atoms with Gasteiger partial charge in [-0.25, -0.2) is 19.6 Å². The molecular weight excluding hydrogens is 576 g/mol. The molecule has 2 fully saturated rings. The highest BCUT2D eigenvalue weighted by molar-refractivity contribution is 5.91. The quantitative estimate of drug-likeness (QED) is 0.457. The van der Waals surface area contributed by atoms with Crippen LogP contribution in [-0.4, -0.2) is 77.9 Å². The van der Waals surface area contributed by atoms with Crippen LogP contribution in [0.25, 0.3) is 11.0 Å². The van der Waals surface area contributed by atoms with Gasteiger partial charge in [0.25, 0.3) is 0 Å². The maximum Gasteiger partial charge on any atom is 0.408 e. The number of alkyl carbamates (subject to hydrolysis) is 1. The third-order valence-corrected chi connectivity index (χ3v) is 9.28. The predicted octanol–water partition coefficient (Wildman–Crippen LogP) is 5.22. The Morgan fingerprint density at radius 3 is 2.40 bits per heavy atom. The Bertz CT molecular complexity index is 1390. The number of esters is 1. The lowest BCUT2D eigenvalue weighted by molar-refractivity contribution is -0.154. The maximum atomic E-state index is 14.4. The summed E-state index contributed by atoms with van der Waals surface area (Å²) in [6, 6.07) is 3.81. The van der Waals surface area contributed by atoms with Gasteiger partial charge in [-0.1, -0.05) is 40.0 Å². The molecule has 246 valence electrons. The van der Waals surface area contributed by atoms with Gasteiger partial charge in [0.2, 0.25) is 11.8 Å². The molecule has 2 bridgehead atoms. The molecule has 2 aliphatic heterocycles. The molecule has 11 nitrogen and oxygen atoms in total. The Morgan fingerprint density at radius 2 is 1.71 bits per heavy atom. The molecule has 45 heavy (non-hydrogen) atoms. The van der Waals surface area contributed by atoms with Gasteiger partial charge in [-0.15, -0.1) is 0 Å². The summed E-state index contributed by atoms with van der Waals surface area (Å²) in [6.07, 6.45) is 6.79. The van der Waals surface area contributed by atoms with Crippen LogP contribution in [-0.2, 0) is 25.5 Å². The number of amides is 2. The van der Waals surface area contributed by atoms with E-state index in [1.54, 1.807) is 12.0 Å². The van der Waals surface area contributed by atoms with Crippen LogP contribution >= 0.6 is 0 Å². The van der Waals surface area contributed by atoms with Crippen LogP contribution in [0.3, 0.4) is 0 Å². The number of rotatable bonds is 3. The van der Waals surface area contributed by atoms with Gasteiger partial charge < -0.3 is 29.2 Å². The molecule has 1 saturated carbocycles. The lowest BCUT2D eigenvalue weighted by Crippen LogP contribution is -2.57. The van der Waals surface area contributed by atoms with Crippen molar-refractivity contribution in [1.82, 2.24) is 20.2 Å². The number of aromatic nitrogens is 2. The smallest absolute Gasteiger partial charge is 0.408 e. The van der Waals surface area contributed by atoms with Gasteiger partial charge in [-0.2, -0.15) is 0 Å². The summed E-state index contributed by atoms with van der Waals surface area (Å²) in [4.78, 5) is 52.3. The summed E-state index contributed by atoms with van der Waals surface area (Å²) in [5.41, 5.74) is 1.50. The topological polar surface area (TPSA) is 129 Å². The molecule has 1 saturated heterocycles. The van der Waals surface area contributed by atoms with Crippen molar-refractivity contribution in [1.29, 1.82) is 0 Å². The Morgan fingerprint density at radius 1 is 0.978 bits per heavy atom. The van der Waals surface area contributed by atoms with E-state index in [1.165, 1.54) is 7.11 Å². The van der Waals surface area contributed by atoms with Crippen LogP contribution < -0.4 is 14.8 Å². The molecule has 1 aromatic carbocycles. The molecular formula is C34H48N4O7. The molecule has 5 atom stereocenters. The van der Waals surface area contributed by atoms with Crippen LogP contribution in [0.4, 0.5) is 4.79 Å². The molecule has 1 aromatic heterocycles. The second-order valence-corrected chi connectivity index (χ2v) is 13.8. The van der Waals surface area contributed by atoms with E-state index in [9.17, 15) is 14.4 Å². The van der Waals surface area contributed by atoms with Gasteiger partial charge in [0.05, 0.1) is 31.8 Å². The first-order chi connectivity index (χ1) is 21.5. The molecule has 5 rings (SSSR count). The van der Waals surface area contributed by atoms with Crippen LogP contribution in [0.2, 0.25) is 0 Å². The Labute approximate surface area is 265 Å². The minimum Gasteiger partial charge on any atom is -0.497 e. The lowest BCUT2D eigenvalue weighted by Gasteiger charge is -2.35. The normalized spacial score (nSPS) is 27.2. The average Bonchev–Trinajstić information content (AvgIpc) is 3.77. The number of aryl methyl sites for hydroxylation is 1. The summed E-state index contributed by atoms with van der Waals surface area (Å²) in [5.74, 6) is 0.123. The zero-order valence-electron chi connectivity index (χ0n) is 27.5. The average molecular weight is 625 g/mol. The molecule has 0 unspecified atom stereocenters. The number of benzene rings is 1. The summed E-state index contributed by atoms with van der Waals surface area (Å²) in [7, 11) is 2.95. The van der Waals surface area contributed by atoms with Crippen molar-refractivity contribution in [3.8, 4) is 11.6 Å². The number of ether oxygens (including phenoxy) is 4. The number of nitrogens with zero attached hydrogens (tertiary/aromatic N) is 3. The van der Waals surface area contributed by atoms with Gasteiger partial charge in [-0.3, -0.25) is 4.79 Å². The zero-order chi connectivity index (χ0) is 32.3. The zero-order valence-corrected chi connectivity index (χ0v) is 27.5. The van der Waals surface area contributed by atoms with Crippen molar-refractivity contribution in [2.24, 2.45) is 17.3 Å². The Hall–Kier alpha value is -3.63. The Kier molecular flexibility index (Phi) is 10.0. The first kappa shape index (κ1) is 32.8. The molecule has 11 heteroatoms. The van der Waals surface area contributed by atoms with E-state index < -0.39 is 35.7 Å². The Balaban J connectivity index is 1.56. The van der Waals surface area contributed by atoms with Crippen LogP contribution in [0.1, 0.15) is 84.8 Å². The van der Waals surface area contributed by atoms with Crippen molar-refractivity contribution in [3.63, 3.8) is 0 Å². The number of methoxy groups -OCH3 is 2. The minimum absolute atomic E-state index is 0.150. The fourth-order valence-corrected chi connectivity index (χ4v) is 6.68. The van der Waals surface area contributed by atoms with Gasteiger partial charge in [-0.05, 0) is 68.9 Å². The molecule has 2 amide bonds. The van der Waals surface area contributed by atoms with Crippen molar-refractivity contribution >= 4 is 29.0 Å². The highest BCUT2D eigenvalue weighted by Gasteiger charge is 2.57. The van der Waals surface area contributed by atoms with Crippen LogP contribution in [0.5, 0.6) is 11.6 Å². The van der Waals surface area contributed by atoms with E-state index in [2.05, 4.69) is 5.32 Å². The second kappa shape index (κ2) is 13.8. The van der Waals surface area contributed by atoms with Gasteiger partial charge in [0.1, 0.15) is 35.7 Å². The van der Waals surface area contributed by atoms with Crippen molar-refractivity contribution in [2.45, 2.75) is 110 Å². The minimum atomic E-state index is -0.937. The van der Waals surface area contributed by atoms with Crippen molar-refractivity contribution in [2.75, 3.05) is 20.8 Å². The standard InChI is InChI=1S/C34H48N4O7/c1-20-12-10-8-7-9-11-13-24-30(36-25-18-22(42-5)16-17-23(25)35-24)45-26-19-38(28(32(40)43-6)27(26)21-14-15-21)31(39)29(34(2,3)4)37-33(41)44-20/h16-18,20-21,26-29H,7-15,19H2,1-6H3,(H,37,41)/t20-,26-,27+,28-,29+/m0/s1. The largest absolute Gasteiger partial charge is 0.497 e. The highest BCUT2D eigenvalue weighted by Crippen LogP contribution is 2.47. The lowest BCUT2D eigenvalue weighted by atomic mass is 9.85. The third-order valence-electron chi connectivity index (χ3n) is 9.28. The van der Waals surface area contributed by atoms with Crippen molar-refractivity contribution < 1.29 is 33.3 Å². The molecule has 2 aromatic rings. The number of hydrogen-bond acceptors (Lipinski definition) is 9. The monoisotopic (exact) mass is 624 g/mol. The van der Waals surface area contributed by atoms with Crippen LogP contribution in [0, 0.1) is 17.3 Å². The van der Waals surface area contributed by atoms with Crippen LogP contribution in [0.15, 0.2) is 18.2 Å². The summed E-state index contributed by atoms with van der Waals surface area (Å²) >= 11 is 0. The summed E-state index contributed by atoms with van der Waals surface area (Å²) < 4.78 is 23.1. The van der Waals surface area contributed by atoms with E-state index in [-0.39, 0.29) is 30.4 Å². The number of fused-ring (bicyclic) bond motifs is 4. The fourth-order valence-electron chi connectivity index (χ4n) is 6.68. The molecule has 3 aliphatic rings. The van der Waals surface area contributed by atoms with E-state index in [4.69, 9.17) is 28.9 Å². The highest BCUT2D eigenvalue weighted by atomic mass is 16.6. The second-order valence-electron chi connectivity index (χ2n) is 13.8. The van der Waals surface area contributed by atoms with Crippen molar-refractivity contribution in [3.05, 3.63) is 23.9 Å². The molecule has 1 aliphatic carbocycles. The predicted molar refractivity (Wildman–Crippen MR) is 168 cm³/mol. The molecule has 0 spiro atoms. The molecule has 0 radical (unpaired) electrons. The first-order valence-electron chi connectivity index (χ1n) is 16.4. The summed E-state index contributed by atoms with van der Waals surface area (Å²) in [5, 5.41) is 2.84. The molecule has 3 heterocycles. The summed E-state index contributed by atoms with van der Waals surface area (Å²) in [6.45, 7) is 7.68. The van der Waals surface area contributed by atoms with E-state index >= 15 is 0 Å². The number of hydrogen-bond donors (Lipinski definition) is 1. The molecule has 1 N–H and O–H groups in total.